The summed E-state index contributed by atoms with van der Waals surface area (Å²) in [7, 11) is 0. The zero-order valence-corrected chi connectivity index (χ0v) is 17.3. The maximum absolute atomic E-state index is 13.1. The molecule has 0 unspecified atom stereocenters. The second-order valence-electron chi connectivity index (χ2n) is 6.75. The van der Waals surface area contributed by atoms with Crippen LogP contribution in [0, 0.1) is 0 Å². The first-order valence-electron chi connectivity index (χ1n) is 9.07. The quantitative estimate of drug-likeness (QED) is 0.422. The van der Waals surface area contributed by atoms with E-state index in [0.717, 1.165) is 34.4 Å². The summed E-state index contributed by atoms with van der Waals surface area (Å²) >= 11 is 6.66. The first kappa shape index (κ1) is 21.3. The van der Waals surface area contributed by atoms with Gasteiger partial charge in [0, 0.05) is 22.6 Å². The van der Waals surface area contributed by atoms with E-state index in [1.54, 1.807) is 48.7 Å². The molecule has 2 aromatic carbocycles. The molecular weight excluding hydrogens is 449 g/mol. The topological polar surface area (TPSA) is 42.3 Å². The molecule has 2 heterocycles. The van der Waals surface area contributed by atoms with Gasteiger partial charge < -0.3 is 4.57 Å². The number of imide groups is 1. The van der Waals surface area contributed by atoms with E-state index in [-0.39, 0.29) is 11.4 Å². The molecule has 0 bridgehead atoms. The van der Waals surface area contributed by atoms with E-state index in [4.69, 9.17) is 11.6 Å². The smallest absolute Gasteiger partial charge is 0.317 e. The number of nitrogens with zero attached hydrogens (tertiary/aromatic N) is 2. The molecule has 4 rings (SSSR count). The number of hydrogen-bond donors (Lipinski definition) is 0. The minimum Gasteiger partial charge on any atom is -0.317 e. The Morgan fingerprint density at radius 3 is 2.45 bits per heavy atom. The van der Waals surface area contributed by atoms with Gasteiger partial charge in [-0.2, -0.15) is 13.2 Å². The van der Waals surface area contributed by atoms with Gasteiger partial charge in [0.1, 0.15) is 0 Å². The van der Waals surface area contributed by atoms with Gasteiger partial charge >= 0.3 is 6.18 Å². The zero-order chi connectivity index (χ0) is 22.2. The Morgan fingerprint density at radius 2 is 1.74 bits per heavy atom. The summed E-state index contributed by atoms with van der Waals surface area (Å²) in [5.41, 5.74) is 0.760. The number of amides is 2. The maximum Gasteiger partial charge on any atom is 0.416 e. The van der Waals surface area contributed by atoms with Gasteiger partial charge in [-0.1, -0.05) is 29.8 Å². The van der Waals surface area contributed by atoms with Crippen LogP contribution < -0.4 is 0 Å². The highest BCUT2D eigenvalue weighted by molar-refractivity contribution is 8.18. The molecule has 2 amide bonds. The lowest BCUT2D eigenvalue weighted by Gasteiger charge is -2.12. The Morgan fingerprint density at radius 1 is 1.00 bits per heavy atom. The summed E-state index contributed by atoms with van der Waals surface area (Å²) < 4.78 is 40.7. The van der Waals surface area contributed by atoms with Crippen molar-refractivity contribution in [3.05, 3.63) is 93.6 Å². The van der Waals surface area contributed by atoms with Crippen LogP contribution >= 0.6 is 23.4 Å². The SMILES string of the molecule is O=C1S/C(=C/c2cccn2-c2cccc(C(F)(F)F)c2)C(=O)N1Cc1ccc(Cl)cc1. The van der Waals surface area contributed by atoms with Gasteiger partial charge in [-0.15, -0.1) is 0 Å². The number of alkyl halides is 3. The number of carbonyl (C=O) groups is 2. The molecule has 31 heavy (non-hydrogen) atoms. The third-order valence-electron chi connectivity index (χ3n) is 4.64. The van der Waals surface area contributed by atoms with E-state index in [0.29, 0.717) is 16.4 Å². The van der Waals surface area contributed by atoms with Crippen molar-refractivity contribution in [1.82, 2.24) is 9.47 Å². The molecule has 1 saturated heterocycles. The minimum atomic E-state index is -4.46. The van der Waals surface area contributed by atoms with Crippen molar-refractivity contribution in [2.75, 3.05) is 0 Å². The molecular formula is C22H14ClF3N2O2S. The molecule has 0 aliphatic carbocycles. The highest BCUT2D eigenvalue weighted by atomic mass is 35.5. The van der Waals surface area contributed by atoms with E-state index in [1.165, 1.54) is 16.7 Å². The van der Waals surface area contributed by atoms with Crippen molar-refractivity contribution in [2.24, 2.45) is 0 Å². The fourth-order valence-electron chi connectivity index (χ4n) is 3.12. The van der Waals surface area contributed by atoms with Gasteiger partial charge in [-0.3, -0.25) is 14.5 Å². The molecule has 4 nitrogen and oxygen atoms in total. The third-order valence-corrected chi connectivity index (χ3v) is 5.80. The van der Waals surface area contributed by atoms with E-state index in [9.17, 15) is 22.8 Å². The predicted octanol–water partition coefficient (Wildman–Crippen LogP) is 6.39. The van der Waals surface area contributed by atoms with E-state index in [1.807, 2.05) is 0 Å². The van der Waals surface area contributed by atoms with E-state index < -0.39 is 22.9 Å². The van der Waals surface area contributed by atoms with Gasteiger partial charge in [-0.05, 0) is 65.9 Å². The second kappa shape index (κ2) is 8.28. The fourth-order valence-corrected chi connectivity index (χ4v) is 4.07. The summed E-state index contributed by atoms with van der Waals surface area (Å²) in [4.78, 5) is 26.5. The predicted molar refractivity (Wildman–Crippen MR) is 114 cm³/mol. The highest BCUT2D eigenvalue weighted by Gasteiger charge is 2.35. The number of carbonyl (C=O) groups excluding carboxylic acids is 2. The summed E-state index contributed by atoms with van der Waals surface area (Å²) in [6.45, 7) is 0.105. The number of benzene rings is 2. The van der Waals surface area contributed by atoms with Crippen LogP contribution in [0.1, 0.15) is 16.8 Å². The number of hydrogen-bond acceptors (Lipinski definition) is 3. The zero-order valence-electron chi connectivity index (χ0n) is 15.8. The average Bonchev–Trinajstić information content (AvgIpc) is 3.29. The van der Waals surface area contributed by atoms with Crippen LogP contribution in [0.2, 0.25) is 5.02 Å². The highest BCUT2D eigenvalue weighted by Crippen LogP contribution is 2.34. The van der Waals surface area contributed by atoms with Crippen molar-refractivity contribution < 1.29 is 22.8 Å². The third kappa shape index (κ3) is 4.55. The molecule has 0 spiro atoms. The lowest BCUT2D eigenvalue weighted by molar-refractivity contribution is -0.137. The lowest BCUT2D eigenvalue weighted by Crippen LogP contribution is -2.27. The lowest BCUT2D eigenvalue weighted by atomic mass is 10.2. The Kier molecular flexibility index (Phi) is 5.68. The Labute approximate surface area is 184 Å². The average molecular weight is 463 g/mol. The summed E-state index contributed by atoms with van der Waals surface area (Å²) in [5, 5.41) is 0.136. The van der Waals surface area contributed by atoms with Crippen LogP contribution in [-0.2, 0) is 17.5 Å². The molecule has 158 valence electrons. The molecule has 0 radical (unpaired) electrons. The van der Waals surface area contributed by atoms with E-state index >= 15 is 0 Å². The molecule has 1 fully saturated rings. The number of rotatable bonds is 4. The minimum absolute atomic E-state index is 0.105. The van der Waals surface area contributed by atoms with Gasteiger partial charge in [0.2, 0.25) is 0 Å². The van der Waals surface area contributed by atoms with Crippen molar-refractivity contribution in [3.8, 4) is 5.69 Å². The second-order valence-corrected chi connectivity index (χ2v) is 8.18. The van der Waals surface area contributed by atoms with Gasteiger partial charge in [0.15, 0.2) is 0 Å². The number of thioether (sulfide) groups is 1. The Bertz CT molecular complexity index is 1190. The van der Waals surface area contributed by atoms with Crippen molar-refractivity contribution >= 4 is 40.6 Å². The van der Waals surface area contributed by atoms with Crippen LogP contribution in [0.3, 0.4) is 0 Å². The molecule has 3 aromatic rings. The normalized spacial score (nSPS) is 15.9. The molecule has 0 atom stereocenters. The molecule has 1 aliphatic heterocycles. The molecule has 9 heteroatoms. The van der Waals surface area contributed by atoms with Crippen LogP contribution in [0.15, 0.2) is 71.8 Å². The van der Waals surface area contributed by atoms with Crippen LogP contribution in [-0.4, -0.2) is 20.6 Å². The Balaban J connectivity index is 1.61. The van der Waals surface area contributed by atoms with Gasteiger partial charge in [-0.25, -0.2) is 0 Å². The first-order chi connectivity index (χ1) is 14.7. The van der Waals surface area contributed by atoms with Crippen LogP contribution in [0.5, 0.6) is 0 Å². The summed E-state index contributed by atoms with van der Waals surface area (Å²) in [6, 6.07) is 15.0. The van der Waals surface area contributed by atoms with Crippen molar-refractivity contribution in [3.63, 3.8) is 0 Å². The summed E-state index contributed by atoms with van der Waals surface area (Å²) in [6.07, 6.45) is -1.36. The monoisotopic (exact) mass is 462 g/mol. The maximum atomic E-state index is 13.1. The van der Waals surface area contributed by atoms with Crippen molar-refractivity contribution in [1.29, 1.82) is 0 Å². The van der Waals surface area contributed by atoms with Crippen LogP contribution in [0.4, 0.5) is 18.0 Å². The molecule has 1 aliphatic rings. The van der Waals surface area contributed by atoms with Crippen LogP contribution in [0.25, 0.3) is 11.8 Å². The number of aromatic nitrogens is 1. The number of halogens is 4. The first-order valence-corrected chi connectivity index (χ1v) is 10.3. The molecule has 0 saturated carbocycles. The fraction of sp³-hybridized carbons (Fsp3) is 0.0909. The van der Waals surface area contributed by atoms with Gasteiger partial charge in [0.25, 0.3) is 11.1 Å². The van der Waals surface area contributed by atoms with Gasteiger partial charge in [0.05, 0.1) is 17.0 Å². The van der Waals surface area contributed by atoms with E-state index in [2.05, 4.69) is 0 Å². The van der Waals surface area contributed by atoms with Crippen molar-refractivity contribution in [2.45, 2.75) is 12.7 Å². The standard InChI is InChI=1S/C22H14ClF3N2O2S/c23-16-8-6-14(7-9-16)13-28-20(29)19(31-21(28)30)12-18-5-2-10-27(18)17-4-1-3-15(11-17)22(24,25)26/h1-12H,13H2/b19-12+. The Hall–Kier alpha value is -2.97. The largest absolute Gasteiger partial charge is 0.416 e. The molecule has 1 aromatic heterocycles. The summed E-state index contributed by atoms with van der Waals surface area (Å²) in [5.74, 6) is -0.457. The molecule has 0 N–H and O–H groups in total.